The highest BCUT2D eigenvalue weighted by Gasteiger charge is 2.42. The molecular weight excluding hydrogens is 247 g/mol. The predicted octanol–water partition coefficient (Wildman–Crippen LogP) is 2.35. The van der Waals surface area contributed by atoms with E-state index in [4.69, 9.17) is 0 Å². The number of amides is 2. The lowest BCUT2D eigenvalue weighted by molar-refractivity contribution is 0.0580. The SMILES string of the molecule is O=C(Nc1cccc(F)c1)N1C2CCC1CC(O)C2. The summed E-state index contributed by atoms with van der Waals surface area (Å²) in [6.07, 6.45) is 2.88. The molecule has 0 aromatic heterocycles. The molecule has 5 heteroatoms. The molecule has 4 nitrogen and oxygen atoms in total. The Bertz CT molecular complexity index is 480. The molecular formula is C14H17FN2O2. The van der Waals surface area contributed by atoms with E-state index in [1.54, 1.807) is 12.1 Å². The van der Waals surface area contributed by atoms with E-state index in [9.17, 15) is 14.3 Å². The monoisotopic (exact) mass is 264 g/mol. The van der Waals surface area contributed by atoms with Crippen molar-refractivity contribution in [1.82, 2.24) is 4.90 Å². The molecule has 3 rings (SSSR count). The summed E-state index contributed by atoms with van der Waals surface area (Å²) < 4.78 is 13.1. The molecule has 2 atom stereocenters. The maximum absolute atomic E-state index is 13.1. The number of fused-ring (bicyclic) bond motifs is 2. The van der Waals surface area contributed by atoms with Gasteiger partial charge in [-0.2, -0.15) is 0 Å². The zero-order valence-electron chi connectivity index (χ0n) is 10.6. The number of hydrogen-bond acceptors (Lipinski definition) is 2. The number of nitrogens with one attached hydrogen (secondary N) is 1. The molecule has 19 heavy (non-hydrogen) atoms. The third-order valence-corrected chi connectivity index (χ3v) is 4.02. The van der Waals surface area contributed by atoms with Crippen LogP contribution in [0.4, 0.5) is 14.9 Å². The smallest absolute Gasteiger partial charge is 0.322 e. The van der Waals surface area contributed by atoms with Gasteiger partial charge in [0.1, 0.15) is 5.82 Å². The van der Waals surface area contributed by atoms with Gasteiger partial charge in [-0.3, -0.25) is 0 Å². The van der Waals surface area contributed by atoms with Crippen molar-refractivity contribution in [2.24, 2.45) is 0 Å². The number of hydrogen-bond donors (Lipinski definition) is 2. The molecule has 2 saturated heterocycles. The van der Waals surface area contributed by atoms with Crippen LogP contribution in [0.25, 0.3) is 0 Å². The van der Waals surface area contributed by atoms with Crippen LogP contribution in [0.1, 0.15) is 25.7 Å². The topological polar surface area (TPSA) is 52.6 Å². The summed E-state index contributed by atoms with van der Waals surface area (Å²) in [5, 5.41) is 12.4. The number of halogens is 1. The van der Waals surface area contributed by atoms with Gasteiger partial charge in [0, 0.05) is 17.8 Å². The minimum absolute atomic E-state index is 0.113. The van der Waals surface area contributed by atoms with Gasteiger partial charge >= 0.3 is 6.03 Å². The third kappa shape index (κ3) is 2.42. The van der Waals surface area contributed by atoms with E-state index in [-0.39, 0.29) is 30.0 Å². The van der Waals surface area contributed by atoms with Gasteiger partial charge < -0.3 is 15.3 Å². The van der Waals surface area contributed by atoms with Gasteiger partial charge in [-0.25, -0.2) is 9.18 Å². The van der Waals surface area contributed by atoms with E-state index < -0.39 is 0 Å². The number of piperidine rings is 1. The number of carbonyl (C=O) groups is 1. The Morgan fingerprint density at radius 3 is 2.63 bits per heavy atom. The van der Waals surface area contributed by atoms with E-state index in [0.717, 1.165) is 12.8 Å². The summed E-state index contributed by atoms with van der Waals surface area (Å²) in [7, 11) is 0. The van der Waals surface area contributed by atoms with Crippen molar-refractivity contribution in [1.29, 1.82) is 0 Å². The molecule has 0 spiro atoms. The van der Waals surface area contributed by atoms with Crippen LogP contribution in [-0.2, 0) is 0 Å². The fourth-order valence-corrected chi connectivity index (χ4v) is 3.23. The van der Waals surface area contributed by atoms with E-state index in [1.807, 2.05) is 4.90 Å². The molecule has 102 valence electrons. The van der Waals surface area contributed by atoms with Crippen LogP contribution in [-0.4, -0.2) is 34.2 Å². The van der Waals surface area contributed by atoms with Crippen LogP contribution in [0.3, 0.4) is 0 Å². The average molecular weight is 264 g/mol. The fraction of sp³-hybridized carbons (Fsp3) is 0.500. The lowest BCUT2D eigenvalue weighted by Crippen LogP contribution is -2.49. The maximum Gasteiger partial charge on any atom is 0.322 e. The Morgan fingerprint density at radius 2 is 2.00 bits per heavy atom. The average Bonchev–Trinajstić information content (AvgIpc) is 2.62. The van der Waals surface area contributed by atoms with E-state index in [2.05, 4.69) is 5.32 Å². The molecule has 1 aromatic carbocycles. The normalized spacial score (nSPS) is 29.4. The van der Waals surface area contributed by atoms with Crippen molar-refractivity contribution in [2.45, 2.75) is 43.9 Å². The summed E-state index contributed by atoms with van der Waals surface area (Å²) in [6, 6.07) is 5.92. The van der Waals surface area contributed by atoms with Crippen LogP contribution in [0, 0.1) is 5.82 Å². The summed E-state index contributed by atoms with van der Waals surface area (Å²) in [5.74, 6) is -0.366. The molecule has 2 fully saturated rings. The number of nitrogens with zero attached hydrogens (tertiary/aromatic N) is 1. The summed E-state index contributed by atoms with van der Waals surface area (Å²) in [4.78, 5) is 14.1. The minimum Gasteiger partial charge on any atom is -0.393 e. The predicted molar refractivity (Wildman–Crippen MR) is 69.3 cm³/mol. The van der Waals surface area contributed by atoms with Gasteiger partial charge in [0.15, 0.2) is 0 Å². The highest BCUT2D eigenvalue weighted by molar-refractivity contribution is 5.90. The quantitative estimate of drug-likeness (QED) is 0.818. The number of urea groups is 1. The van der Waals surface area contributed by atoms with Gasteiger partial charge in [0.05, 0.1) is 6.10 Å². The van der Waals surface area contributed by atoms with Crippen molar-refractivity contribution >= 4 is 11.7 Å². The molecule has 0 radical (unpaired) electrons. The summed E-state index contributed by atoms with van der Waals surface area (Å²) >= 11 is 0. The Balaban J connectivity index is 1.71. The zero-order valence-corrected chi connectivity index (χ0v) is 10.6. The van der Waals surface area contributed by atoms with E-state index in [0.29, 0.717) is 18.5 Å². The first kappa shape index (κ1) is 12.4. The van der Waals surface area contributed by atoms with Crippen molar-refractivity contribution in [3.8, 4) is 0 Å². The van der Waals surface area contributed by atoms with Gasteiger partial charge in [-0.15, -0.1) is 0 Å². The molecule has 2 N–H and O–H groups in total. The number of aliphatic hydroxyl groups excluding tert-OH is 1. The molecule has 0 saturated carbocycles. The molecule has 2 aliphatic rings. The van der Waals surface area contributed by atoms with Crippen LogP contribution in [0.2, 0.25) is 0 Å². The number of anilines is 1. The Labute approximate surface area is 111 Å². The summed E-state index contributed by atoms with van der Waals surface area (Å²) in [6.45, 7) is 0. The van der Waals surface area contributed by atoms with Crippen molar-refractivity contribution in [2.75, 3.05) is 5.32 Å². The lowest BCUT2D eigenvalue weighted by atomic mass is 10.0. The van der Waals surface area contributed by atoms with E-state index >= 15 is 0 Å². The minimum atomic E-state index is -0.366. The first-order valence-electron chi connectivity index (χ1n) is 6.66. The largest absolute Gasteiger partial charge is 0.393 e. The second-order valence-corrected chi connectivity index (χ2v) is 5.36. The van der Waals surface area contributed by atoms with Gasteiger partial charge in [0.2, 0.25) is 0 Å². The second kappa shape index (κ2) is 4.81. The molecule has 0 aliphatic carbocycles. The van der Waals surface area contributed by atoms with Crippen LogP contribution < -0.4 is 5.32 Å². The lowest BCUT2D eigenvalue weighted by Gasteiger charge is -2.37. The molecule has 2 bridgehead atoms. The number of benzene rings is 1. The van der Waals surface area contributed by atoms with Crippen LogP contribution in [0.5, 0.6) is 0 Å². The standard InChI is InChI=1S/C14H17FN2O2/c15-9-2-1-3-10(6-9)16-14(19)17-11-4-5-12(17)8-13(18)7-11/h1-3,6,11-13,18H,4-5,7-8H2,(H,16,19). The molecule has 2 heterocycles. The maximum atomic E-state index is 13.1. The Hall–Kier alpha value is -1.62. The van der Waals surface area contributed by atoms with Crippen LogP contribution in [0.15, 0.2) is 24.3 Å². The first-order valence-corrected chi connectivity index (χ1v) is 6.66. The number of rotatable bonds is 1. The first-order chi connectivity index (χ1) is 9.13. The number of carbonyl (C=O) groups excluding carboxylic acids is 1. The van der Waals surface area contributed by atoms with Crippen molar-refractivity contribution < 1.29 is 14.3 Å². The molecule has 2 aliphatic heterocycles. The second-order valence-electron chi connectivity index (χ2n) is 5.36. The fourth-order valence-electron chi connectivity index (χ4n) is 3.23. The van der Waals surface area contributed by atoms with Crippen molar-refractivity contribution in [3.05, 3.63) is 30.1 Å². The molecule has 1 aromatic rings. The van der Waals surface area contributed by atoms with E-state index in [1.165, 1.54) is 12.1 Å². The Kier molecular flexibility index (Phi) is 3.14. The molecule has 2 amide bonds. The summed E-state index contributed by atoms with van der Waals surface area (Å²) in [5.41, 5.74) is 0.468. The van der Waals surface area contributed by atoms with Gasteiger partial charge in [-0.05, 0) is 43.9 Å². The zero-order chi connectivity index (χ0) is 13.4. The van der Waals surface area contributed by atoms with Gasteiger partial charge in [0.25, 0.3) is 0 Å². The number of aliphatic hydroxyl groups is 1. The molecule has 2 unspecified atom stereocenters. The highest BCUT2D eigenvalue weighted by Crippen LogP contribution is 2.36. The third-order valence-electron chi connectivity index (χ3n) is 4.02. The van der Waals surface area contributed by atoms with Crippen LogP contribution >= 0.6 is 0 Å². The van der Waals surface area contributed by atoms with Gasteiger partial charge in [-0.1, -0.05) is 6.07 Å². The highest BCUT2D eigenvalue weighted by atomic mass is 19.1. The Morgan fingerprint density at radius 1 is 1.32 bits per heavy atom. The van der Waals surface area contributed by atoms with Crippen molar-refractivity contribution in [3.63, 3.8) is 0 Å².